The third-order valence-electron chi connectivity index (χ3n) is 5.10. The van der Waals surface area contributed by atoms with Crippen molar-refractivity contribution in [1.29, 1.82) is 0 Å². The number of nitrogens with zero attached hydrogens (tertiary/aromatic N) is 2. The lowest BCUT2D eigenvalue weighted by Gasteiger charge is -2.38. The molecule has 0 bridgehead atoms. The summed E-state index contributed by atoms with van der Waals surface area (Å²) in [5, 5.41) is 3.23. The predicted molar refractivity (Wildman–Crippen MR) is 91.9 cm³/mol. The molecule has 1 aromatic carbocycles. The van der Waals surface area contributed by atoms with Crippen LogP contribution in [0, 0.1) is 17.6 Å². The normalized spacial score (nSPS) is 23.2. The Labute approximate surface area is 152 Å². The van der Waals surface area contributed by atoms with Crippen molar-refractivity contribution >= 4 is 15.9 Å². The fourth-order valence-electron chi connectivity index (χ4n) is 3.56. The molecule has 2 fully saturated rings. The molecule has 0 radical (unpaired) electrons. The average Bonchev–Trinajstić information content (AvgIpc) is 2.63. The van der Waals surface area contributed by atoms with Gasteiger partial charge in [-0.3, -0.25) is 4.79 Å². The van der Waals surface area contributed by atoms with Gasteiger partial charge >= 0.3 is 0 Å². The highest BCUT2D eigenvalue weighted by molar-refractivity contribution is 7.89. The maximum atomic E-state index is 13.9. The number of nitrogens with one attached hydrogen (secondary N) is 1. The molecule has 26 heavy (non-hydrogen) atoms. The van der Waals surface area contributed by atoms with Gasteiger partial charge in [0.1, 0.15) is 16.5 Å². The van der Waals surface area contributed by atoms with Gasteiger partial charge in [-0.1, -0.05) is 0 Å². The molecular formula is C17H23F2N3O3S. The largest absolute Gasteiger partial charge is 0.337 e. The van der Waals surface area contributed by atoms with Gasteiger partial charge in [0.25, 0.3) is 0 Å². The molecule has 6 nitrogen and oxygen atoms in total. The fraction of sp³-hybridized carbons (Fsp3) is 0.588. The van der Waals surface area contributed by atoms with Gasteiger partial charge in [0.2, 0.25) is 15.9 Å². The maximum absolute atomic E-state index is 13.9. The van der Waals surface area contributed by atoms with Gasteiger partial charge in [-0.15, -0.1) is 0 Å². The summed E-state index contributed by atoms with van der Waals surface area (Å²) in [4.78, 5) is 13.9. The minimum Gasteiger partial charge on any atom is -0.337 e. The highest BCUT2D eigenvalue weighted by atomic mass is 32.2. The van der Waals surface area contributed by atoms with E-state index in [2.05, 4.69) is 5.32 Å². The average molecular weight is 387 g/mol. The smallest absolute Gasteiger partial charge is 0.246 e. The summed E-state index contributed by atoms with van der Waals surface area (Å²) in [6, 6.07) is 2.50. The Balaban J connectivity index is 1.68. The van der Waals surface area contributed by atoms with Gasteiger partial charge in [-0.25, -0.2) is 17.2 Å². The first-order valence-corrected chi connectivity index (χ1v) is 10.2. The molecule has 2 saturated heterocycles. The van der Waals surface area contributed by atoms with Crippen LogP contribution in [0.25, 0.3) is 0 Å². The molecule has 0 saturated carbocycles. The van der Waals surface area contributed by atoms with Crippen LogP contribution in [0.15, 0.2) is 23.1 Å². The summed E-state index contributed by atoms with van der Waals surface area (Å²) in [7, 11) is -4.12. The molecule has 2 aliphatic heterocycles. The highest BCUT2D eigenvalue weighted by Crippen LogP contribution is 2.27. The van der Waals surface area contributed by atoms with E-state index >= 15 is 0 Å². The number of carbonyl (C=O) groups is 1. The Morgan fingerprint density at radius 2 is 1.88 bits per heavy atom. The van der Waals surface area contributed by atoms with E-state index in [1.165, 1.54) is 0 Å². The Hall–Kier alpha value is -1.58. The van der Waals surface area contributed by atoms with Gasteiger partial charge in [0, 0.05) is 44.7 Å². The second-order valence-electron chi connectivity index (χ2n) is 6.84. The zero-order valence-corrected chi connectivity index (χ0v) is 15.4. The molecule has 0 aromatic heterocycles. The number of halogens is 2. The molecule has 144 valence electrons. The number of rotatable bonds is 3. The number of hydrogen-bond acceptors (Lipinski definition) is 4. The van der Waals surface area contributed by atoms with E-state index in [9.17, 15) is 22.0 Å². The van der Waals surface area contributed by atoms with E-state index in [-0.39, 0.29) is 31.0 Å². The third-order valence-corrected chi connectivity index (χ3v) is 7.01. The van der Waals surface area contributed by atoms with Crippen molar-refractivity contribution in [3.63, 3.8) is 0 Å². The lowest BCUT2D eigenvalue weighted by atomic mass is 9.95. The number of amides is 1. The monoisotopic (exact) mass is 387 g/mol. The topological polar surface area (TPSA) is 69.7 Å². The second kappa shape index (κ2) is 7.58. The Bertz CT molecular complexity index is 779. The summed E-state index contributed by atoms with van der Waals surface area (Å²) in [6.45, 7) is 4.37. The highest BCUT2D eigenvalue weighted by Gasteiger charge is 2.36. The Kier molecular flexibility index (Phi) is 5.59. The summed E-state index contributed by atoms with van der Waals surface area (Å²) in [5.41, 5.74) is 0. The molecule has 9 heteroatoms. The van der Waals surface area contributed by atoms with Crippen LogP contribution < -0.4 is 5.32 Å². The van der Waals surface area contributed by atoms with Crippen molar-refractivity contribution in [2.75, 3.05) is 32.7 Å². The third kappa shape index (κ3) is 3.74. The fourth-order valence-corrected chi connectivity index (χ4v) is 5.11. The number of benzene rings is 1. The van der Waals surface area contributed by atoms with Gasteiger partial charge in [-0.2, -0.15) is 4.31 Å². The predicted octanol–water partition coefficient (Wildman–Crippen LogP) is 1.19. The summed E-state index contributed by atoms with van der Waals surface area (Å²) in [5.74, 6) is -1.96. The number of carbonyl (C=O) groups excluding carboxylic acids is 1. The lowest BCUT2D eigenvalue weighted by molar-refractivity contribution is -0.139. The van der Waals surface area contributed by atoms with Crippen molar-refractivity contribution in [2.45, 2.75) is 30.7 Å². The zero-order chi connectivity index (χ0) is 18.9. The summed E-state index contributed by atoms with van der Waals surface area (Å²) in [6.07, 6.45) is 0.761. The summed E-state index contributed by atoms with van der Waals surface area (Å²) >= 11 is 0. The van der Waals surface area contributed by atoms with Gasteiger partial charge in [0.05, 0.1) is 0 Å². The number of hydrogen-bond donors (Lipinski definition) is 1. The van der Waals surface area contributed by atoms with Crippen LogP contribution in [-0.4, -0.2) is 62.3 Å². The van der Waals surface area contributed by atoms with Crippen LogP contribution in [-0.2, 0) is 14.8 Å². The molecule has 0 spiro atoms. The van der Waals surface area contributed by atoms with E-state index in [0.717, 1.165) is 29.5 Å². The van der Waals surface area contributed by atoms with Crippen molar-refractivity contribution < 1.29 is 22.0 Å². The van der Waals surface area contributed by atoms with Gasteiger partial charge in [0.15, 0.2) is 0 Å². The standard InChI is InChI=1S/C17H23F2N3O3S/c1-12-11-20-6-9-22(12)17(23)13-4-7-21(8-5-13)26(24,25)16-10-14(18)2-3-15(16)19/h2-3,10,12-13,20H,4-9,11H2,1H3/t12-/m1/s1. The molecule has 1 atom stereocenters. The van der Waals surface area contributed by atoms with Crippen molar-refractivity contribution in [3.8, 4) is 0 Å². The van der Waals surface area contributed by atoms with Crippen LogP contribution >= 0.6 is 0 Å². The van der Waals surface area contributed by atoms with E-state index in [4.69, 9.17) is 0 Å². The Morgan fingerprint density at radius 3 is 2.54 bits per heavy atom. The summed E-state index contributed by atoms with van der Waals surface area (Å²) < 4.78 is 53.6. The molecule has 1 amide bonds. The van der Waals surface area contributed by atoms with E-state index in [1.54, 1.807) is 0 Å². The minimum atomic E-state index is -4.12. The lowest BCUT2D eigenvalue weighted by Crippen LogP contribution is -2.55. The van der Waals surface area contributed by atoms with E-state index in [0.29, 0.717) is 25.5 Å². The molecular weight excluding hydrogens is 364 g/mol. The number of piperidine rings is 1. The molecule has 3 rings (SSSR count). The van der Waals surface area contributed by atoms with Crippen LogP contribution in [0.5, 0.6) is 0 Å². The van der Waals surface area contributed by atoms with Crippen LogP contribution in [0.2, 0.25) is 0 Å². The van der Waals surface area contributed by atoms with Crippen LogP contribution in [0.3, 0.4) is 0 Å². The first-order chi connectivity index (χ1) is 12.3. The molecule has 2 aliphatic rings. The van der Waals surface area contributed by atoms with Crippen molar-refractivity contribution in [2.24, 2.45) is 5.92 Å². The van der Waals surface area contributed by atoms with E-state index in [1.807, 2.05) is 11.8 Å². The van der Waals surface area contributed by atoms with Gasteiger partial charge in [-0.05, 0) is 38.0 Å². The molecule has 1 N–H and O–H groups in total. The number of sulfonamides is 1. The minimum absolute atomic E-state index is 0.0491. The first kappa shape index (κ1) is 19.2. The zero-order valence-electron chi connectivity index (χ0n) is 14.6. The van der Waals surface area contributed by atoms with Crippen molar-refractivity contribution in [3.05, 3.63) is 29.8 Å². The van der Waals surface area contributed by atoms with Crippen molar-refractivity contribution in [1.82, 2.24) is 14.5 Å². The molecule has 0 unspecified atom stereocenters. The first-order valence-electron chi connectivity index (χ1n) is 8.77. The van der Waals surface area contributed by atoms with E-state index < -0.39 is 26.6 Å². The molecule has 1 aromatic rings. The second-order valence-corrected chi connectivity index (χ2v) is 8.74. The quantitative estimate of drug-likeness (QED) is 0.846. The van der Waals surface area contributed by atoms with Crippen LogP contribution in [0.4, 0.5) is 8.78 Å². The molecule has 2 heterocycles. The number of piperazine rings is 1. The molecule has 0 aliphatic carbocycles. The van der Waals surface area contributed by atoms with Gasteiger partial charge < -0.3 is 10.2 Å². The van der Waals surface area contributed by atoms with Crippen LogP contribution in [0.1, 0.15) is 19.8 Å². The SMILES string of the molecule is C[C@@H]1CNCCN1C(=O)C1CCN(S(=O)(=O)c2cc(F)ccc2F)CC1. The maximum Gasteiger partial charge on any atom is 0.246 e. The Morgan fingerprint density at radius 1 is 1.19 bits per heavy atom.